The number of benzene rings is 2. The van der Waals surface area contributed by atoms with E-state index in [2.05, 4.69) is 76.8 Å². The molecule has 1 atom stereocenters. The lowest BCUT2D eigenvalue weighted by atomic mass is 10.1. The highest BCUT2D eigenvalue weighted by molar-refractivity contribution is 5.78. The van der Waals surface area contributed by atoms with Crippen LogP contribution in [0.1, 0.15) is 17.5 Å². The summed E-state index contributed by atoms with van der Waals surface area (Å²) in [5.74, 6) is 0.682. The predicted molar refractivity (Wildman–Crippen MR) is 110 cm³/mol. The molecule has 4 rings (SSSR count). The van der Waals surface area contributed by atoms with Gasteiger partial charge in [-0.25, -0.2) is 0 Å². The highest BCUT2D eigenvalue weighted by Gasteiger charge is 2.26. The molecule has 2 aromatic carbocycles. The smallest absolute Gasteiger partial charge is 0.234 e. The summed E-state index contributed by atoms with van der Waals surface area (Å²) in [5.41, 5.74) is 4.15. The number of nitrogens with one attached hydrogen (secondary N) is 1. The van der Waals surface area contributed by atoms with Crippen LogP contribution in [0.5, 0.6) is 0 Å². The predicted octanol–water partition coefficient (Wildman–Crippen LogP) is 2.73. The number of hydrogen-bond acceptors (Lipinski definition) is 3. The second-order valence-electron chi connectivity index (χ2n) is 7.99. The average Bonchev–Trinajstić information content (AvgIpc) is 3.34. The summed E-state index contributed by atoms with van der Waals surface area (Å²) >= 11 is 0. The Balaban J connectivity index is 1.20. The zero-order chi connectivity index (χ0) is 18.6. The number of likely N-dealkylation sites (N-methyl/N-ethyl adjacent to an activating group) is 1. The number of carbonyl (C=O) groups excluding carboxylic acids is 1. The normalized spacial score (nSPS) is 19.5. The maximum atomic E-state index is 12.4. The van der Waals surface area contributed by atoms with E-state index in [1.54, 1.807) is 0 Å². The summed E-state index contributed by atoms with van der Waals surface area (Å²) in [7, 11) is 2.07. The molecule has 0 aromatic heterocycles. The van der Waals surface area contributed by atoms with E-state index in [1.807, 2.05) is 0 Å². The summed E-state index contributed by atoms with van der Waals surface area (Å²) in [5, 5.41) is 3.16. The first kappa shape index (κ1) is 18.1. The Labute approximate surface area is 162 Å². The van der Waals surface area contributed by atoms with Crippen molar-refractivity contribution in [1.29, 1.82) is 0 Å². The lowest BCUT2D eigenvalue weighted by Gasteiger charge is -2.24. The van der Waals surface area contributed by atoms with Gasteiger partial charge < -0.3 is 10.2 Å². The number of hydrogen-bond donors (Lipinski definition) is 1. The Hall–Kier alpha value is -2.33. The van der Waals surface area contributed by atoms with Crippen molar-refractivity contribution in [2.24, 2.45) is 5.92 Å². The molecule has 0 radical (unpaired) electrons. The molecule has 142 valence electrons. The van der Waals surface area contributed by atoms with Crippen molar-refractivity contribution in [3.8, 4) is 0 Å². The summed E-state index contributed by atoms with van der Waals surface area (Å²) in [6.45, 7) is 3.36. The average molecular weight is 364 g/mol. The summed E-state index contributed by atoms with van der Waals surface area (Å²) in [6, 6.07) is 19.6. The van der Waals surface area contributed by atoms with Gasteiger partial charge in [0.2, 0.25) is 5.91 Å². The van der Waals surface area contributed by atoms with Gasteiger partial charge in [0.05, 0.1) is 6.54 Å². The SMILES string of the molecule is CN(CC(=O)NCC1CCN(c2ccccc2)C1)C1Cc2ccccc2C1. The van der Waals surface area contributed by atoms with Crippen LogP contribution in [0.2, 0.25) is 0 Å². The third kappa shape index (κ3) is 4.33. The highest BCUT2D eigenvalue weighted by atomic mass is 16.2. The van der Waals surface area contributed by atoms with Crippen molar-refractivity contribution in [2.45, 2.75) is 25.3 Å². The molecule has 4 heteroatoms. The maximum absolute atomic E-state index is 12.4. The minimum Gasteiger partial charge on any atom is -0.371 e. The van der Waals surface area contributed by atoms with Gasteiger partial charge in [-0.05, 0) is 55.5 Å². The largest absolute Gasteiger partial charge is 0.371 e. The standard InChI is InChI=1S/C23H29N3O/c1-25(22-13-19-7-5-6-8-20(19)14-22)17-23(27)24-15-18-11-12-26(16-18)21-9-3-2-4-10-21/h2-10,18,22H,11-17H2,1H3,(H,24,27). The second-order valence-corrected chi connectivity index (χ2v) is 7.99. The van der Waals surface area contributed by atoms with E-state index in [0.29, 0.717) is 18.5 Å². The third-order valence-electron chi connectivity index (χ3n) is 6.04. The highest BCUT2D eigenvalue weighted by Crippen LogP contribution is 2.25. The first-order chi connectivity index (χ1) is 13.2. The summed E-state index contributed by atoms with van der Waals surface area (Å²) in [4.78, 5) is 17.0. The van der Waals surface area contributed by atoms with Crippen LogP contribution < -0.4 is 10.2 Å². The van der Waals surface area contributed by atoms with Gasteiger partial charge in [0, 0.05) is 31.4 Å². The number of carbonyl (C=O) groups is 1. The first-order valence-electron chi connectivity index (χ1n) is 10.0. The molecule has 2 aliphatic rings. The quantitative estimate of drug-likeness (QED) is 0.857. The van der Waals surface area contributed by atoms with Crippen molar-refractivity contribution in [2.75, 3.05) is 38.1 Å². The minimum absolute atomic E-state index is 0.145. The van der Waals surface area contributed by atoms with Gasteiger partial charge >= 0.3 is 0 Å². The monoisotopic (exact) mass is 363 g/mol. The number of nitrogens with zero attached hydrogens (tertiary/aromatic N) is 2. The number of para-hydroxylation sites is 1. The number of anilines is 1. The Bertz CT molecular complexity index is 751. The van der Waals surface area contributed by atoms with Crippen molar-refractivity contribution in [3.63, 3.8) is 0 Å². The lowest BCUT2D eigenvalue weighted by Crippen LogP contribution is -2.42. The molecule has 1 unspecified atom stereocenters. The molecule has 1 N–H and O–H groups in total. The van der Waals surface area contributed by atoms with Crippen LogP contribution in [-0.2, 0) is 17.6 Å². The zero-order valence-electron chi connectivity index (χ0n) is 16.1. The lowest BCUT2D eigenvalue weighted by molar-refractivity contribution is -0.122. The second kappa shape index (κ2) is 8.13. The molecule has 1 saturated heterocycles. The molecule has 27 heavy (non-hydrogen) atoms. The van der Waals surface area contributed by atoms with E-state index in [1.165, 1.54) is 16.8 Å². The van der Waals surface area contributed by atoms with Gasteiger partial charge in [0.25, 0.3) is 0 Å². The Kier molecular flexibility index (Phi) is 5.44. The molecule has 0 spiro atoms. The van der Waals surface area contributed by atoms with Crippen LogP contribution in [0.3, 0.4) is 0 Å². The fourth-order valence-corrected chi connectivity index (χ4v) is 4.39. The molecular formula is C23H29N3O. The van der Waals surface area contributed by atoms with E-state index in [9.17, 15) is 4.79 Å². The summed E-state index contributed by atoms with van der Waals surface area (Å²) in [6.07, 6.45) is 3.24. The zero-order valence-corrected chi connectivity index (χ0v) is 16.1. The summed E-state index contributed by atoms with van der Waals surface area (Å²) < 4.78 is 0. The molecule has 1 heterocycles. The van der Waals surface area contributed by atoms with Gasteiger partial charge in [0.15, 0.2) is 0 Å². The van der Waals surface area contributed by atoms with Crippen LogP contribution >= 0.6 is 0 Å². The van der Waals surface area contributed by atoms with Crippen LogP contribution in [0.4, 0.5) is 5.69 Å². The fraction of sp³-hybridized carbons (Fsp3) is 0.435. The van der Waals surface area contributed by atoms with Crippen molar-refractivity contribution in [1.82, 2.24) is 10.2 Å². The first-order valence-corrected chi connectivity index (χ1v) is 10.0. The van der Waals surface area contributed by atoms with Gasteiger partial charge in [-0.15, -0.1) is 0 Å². The topological polar surface area (TPSA) is 35.6 Å². The maximum Gasteiger partial charge on any atom is 0.234 e. The third-order valence-corrected chi connectivity index (χ3v) is 6.04. The molecule has 1 fully saturated rings. The van der Waals surface area contributed by atoms with Crippen molar-refractivity contribution < 1.29 is 4.79 Å². The van der Waals surface area contributed by atoms with E-state index in [-0.39, 0.29) is 5.91 Å². The Morgan fingerprint density at radius 1 is 1.07 bits per heavy atom. The molecule has 1 aliphatic carbocycles. The molecule has 0 bridgehead atoms. The van der Waals surface area contributed by atoms with E-state index >= 15 is 0 Å². The number of rotatable bonds is 6. The number of amides is 1. The Morgan fingerprint density at radius 2 is 1.74 bits per heavy atom. The van der Waals surface area contributed by atoms with Crippen molar-refractivity contribution in [3.05, 3.63) is 65.7 Å². The van der Waals surface area contributed by atoms with E-state index in [0.717, 1.165) is 38.9 Å². The van der Waals surface area contributed by atoms with Crippen molar-refractivity contribution >= 4 is 11.6 Å². The molecule has 4 nitrogen and oxygen atoms in total. The fourth-order valence-electron chi connectivity index (χ4n) is 4.39. The molecular weight excluding hydrogens is 334 g/mol. The molecule has 1 aliphatic heterocycles. The van der Waals surface area contributed by atoms with Crippen LogP contribution in [-0.4, -0.2) is 50.1 Å². The Morgan fingerprint density at radius 3 is 2.44 bits per heavy atom. The van der Waals surface area contributed by atoms with E-state index in [4.69, 9.17) is 0 Å². The molecule has 0 saturated carbocycles. The molecule has 2 aromatic rings. The van der Waals surface area contributed by atoms with Crippen LogP contribution in [0, 0.1) is 5.92 Å². The van der Waals surface area contributed by atoms with Crippen LogP contribution in [0.25, 0.3) is 0 Å². The van der Waals surface area contributed by atoms with Gasteiger partial charge in [-0.1, -0.05) is 42.5 Å². The molecule has 1 amide bonds. The van der Waals surface area contributed by atoms with Crippen LogP contribution in [0.15, 0.2) is 54.6 Å². The van der Waals surface area contributed by atoms with Gasteiger partial charge in [-0.3, -0.25) is 9.69 Å². The van der Waals surface area contributed by atoms with Gasteiger partial charge in [-0.2, -0.15) is 0 Å². The van der Waals surface area contributed by atoms with Gasteiger partial charge in [0.1, 0.15) is 0 Å². The minimum atomic E-state index is 0.145. The number of fused-ring (bicyclic) bond motifs is 1. The van der Waals surface area contributed by atoms with E-state index < -0.39 is 0 Å².